The van der Waals surface area contributed by atoms with Gasteiger partial charge in [0.15, 0.2) is 0 Å². The zero-order valence-corrected chi connectivity index (χ0v) is 12.0. The van der Waals surface area contributed by atoms with E-state index in [0.29, 0.717) is 0 Å². The number of nitrogens with one attached hydrogen (secondary N) is 1. The molecule has 1 amide bonds. The summed E-state index contributed by atoms with van der Waals surface area (Å²) in [5, 5.41) is 2.95. The first-order chi connectivity index (χ1) is 9.36. The predicted molar refractivity (Wildman–Crippen MR) is 79.2 cm³/mol. The molecule has 4 heteroatoms. The Hall–Kier alpha value is -1.00. The molecular formula is C15H21NO2S. The lowest BCUT2D eigenvalue weighted by Crippen LogP contribution is -2.39. The second-order valence-corrected chi connectivity index (χ2v) is 5.79. The van der Waals surface area contributed by atoms with Crippen molar-refractivity contribution in [3.05, 3.63) is 35.9 Å². The maximum atomic E-state index is 11.8. The van der Waals surface area contributed by atoms with E-state index < -0.39 is 0 Å². The summed E-state index contributed by atoms with van der Waals surface area (Å²) in [5.74, 6) is 1.99. The van der Waals surface area contributed by atoms with Crippen LogP contribution < -0.4 is 5.32 Å². The Morgan fingerprint density at radius 1 is 1.32 bits per heavy atom. The highest BCUT2D eigenvalue weighted by atomic mass is 32.2. The van der Waals surface area contributed by atoms with Crippen molar-refractivity contribution in [3.8, 4) is 0 Å². The number of amides is 1. The van der Waals surface area contributed by atoms with Crippen LogP contribution >= 0.6 is 11.8 Å². The van der Waals surface area contributed by atoms with Gasteiger partial charge in [0, 0.05) is 24.7 Å². The van der Waals surface area contributed by atoms with Gasteiger partial charge in [-0.1, -0.05) is 30.3 Å². The van der Waals surface area contributed by atoms with Crippen molar-refractivity contribution in [3.63, 3.8) is 0 Å². The predicted octanol–water partition coefficient (Wildman–Crippen LogP) is 2.61. The molecule has 1 aliphatic rings. The summed E-state index contributed by atoms with van der Waals surface area (Å²) in [6, 6.07) is 10.4. The van der Waals surface area contributed by atoms with Crippen molar-refractivity contribution < 1.29 is 9.53 Å². The van der Waals surface area contributed by atoms with Gasteiger partial charge in [0.1, 0.15) is 6.10 Å². The summed E-state index contributed by atoms with van der Waals surface area (Å²) < 4.78 is 5.45. The van der Waals surface area contributed by atoms with Gasteiger partial charge < -0.3 is 10.1 Å². The third-order valence-corrected chi connectivity index (χ3v) is 4.16. The quantitative estimate of drug-likeness (QED) is 0.814. The average Bonchev–Trinajstić information content (AvgIpc) is 2.49. The molecule has 0 saturated carbocycles. The van der Waals surface area contributed by atoms with Gasteiger partial charge in [-0.15, -0.1) is 0 Å². The van der Waals surface area contributed by atoms with E-state index in [1.165, 1.54) is 5.56 Å². The molecule has 19 heavy (non-hydrogen) atoms. The van der Waals surface area contributed by atoms with Crippen LogP contribution in [-0.2, 0) is 15.3 Å². The number of hydrogen-bond donors (Lipinski definition) is 1. The zero-order chi connectivity index (χ0) is 13.3. The van der Waals surface area contributed by atoms with E-state index in [0.717, 1.165) is 43.9 Å². The second-order valence-electron chi connectivity index (χ2n) is 4.68. The van der Waals surface area contributed by atoms with Crippen molar-refractivity contribution in [1.82, 2.24) is 5.32 Å². The Labute approximate surface area is 119 Å². The van der Waals surface area contributed by atoms with Gasteiger partial charge in [-0.3, -0.25) is 4.79 Å². The van der Waals surface area contributed by atoms with Crippen LogP contribution in [0.25, 0.3) is 0 Å². The molecule has 1 N–H and O–H groups in total. The topological polar surface area (TPSA) is 38.3 Å². The Kier molecular flexibility index (Phi) is 6.24. The summed E-state index contributed by atoms with van der Waals surface area (Å²) >= 11 is 1.84. The smallest absolute Gasteiger partial charge is 0.249 e. The van der Waals surface area contributed by atoms with Gasteiger partial charge in [-0.05, 0) is 24.8 Å². The number of rotatable bonds is 6. The first-order valence-electron chi connectivity index (χ1n) is 6.87. The molecule has 1 saturated heterocycles. The Morgan fingerprint density at radius 3 is 2.89 bits per heavy atom. The summed E-state index contributed by atoms with van der Waals surface area (Å²) in [6.07, 6.45) is 2.83. The highest BCUT2D eigenvalue weighted by Crippen LogP contribution is 2.13. The molecule has 1 unspecified atom stereocenters. The minimum Gasteiger partial charge on any atom is -0.368 e. The SMILES string of the molecule is O=C(NCCSCc1ccccc1)C1CCCCO1. The van der Waals surface area contributed by atoms with Gasteiger partial charge in [0.05, 0.1) is 0 Å². The molecule has 1 heterocycles. The number of carbonyl (C=O) groups is 1. The van der Waals surface area contributed by atoms with Gasteiger partial charge >= 0.3 is 0 Å². The molecule has 1 atom stereocenters. The average molecular weight is 279 g/mol. The van der Waals surface area contributed by atoms with Gasteiger partial charge in [0.25, 0.3) is 0 Å². The van der Waals surface area contributed by atoms with Crippen LogP contribution in [0.1, 0.15) is 24.8 Å². The number of benzene rings is 1. The fraction of sp³-hybridized carbons (Fsp3) is 0.533. The second kappa shape index (κ2) is 8.23. The van der Waals surface area contributed by atoms with E-state index in [-0.39, 0.29) is 12.0 Å². The molecule has 0 spiro atoms. The number of hydrogen-bond acceptors (Lipinski definition) is 3. The molecule has 2 rings (SSSR count). The minimum atomic E-state index is -0.215. The van der Waals surface area contributed by atoms with E-state index in [9.17, 15) is 4.79 Å². The van der Waals surface area contributed by atoms with Crippen molar-refractivity contribution in [2.45, 2.75) is 31.1 Å². The van der Waals surface area contributed by atoms with Crippen LogP contribution in [0.5, 0.6) is 0 Å². The summed E-state index contributed by atoms with van der Waals surface area (Å²) in [6.45, 7) is 1.44. The molecule has 0 bridgehead atoms. The Balaban J connectivity index is 1.55. The molecule has 0 aliphatic carbocycles. The minimum absolute atomic E-state index is 0.0556. The van der Waals surface area contributed by atoms with Crippen LogP contribution in [0.2, 0.25) is 0 Å². The molecule has 3 nitrogen and oxygen atoms in total. The molecule has 0 radical (unpaired) electrons. The zero-order valence-electron chi connectivity index (χ0n) is 11.1. The molecule has 104 valence electrons. The fourth-order valence-corrected chi connectivity index (χ4v) is 2.89. The standard InChI is InChI=1S/C15H21NO2S/c17-15(14-8-4-5-10-18-14)16-9-11-19-12-13-6-2-1-3-7-13/h1-3,6-7,14H,4-5,8-12H2,(H,16,17). The Morgan fingerprint density at radius 2 is 2.16 bits per heavy atom. The summed E-state index contributed by atoms with van der Waals surface area (Å²) in [4.78, 5) is 11.8. The number of thioether (sulfide) groups is 1. The van der Waals surface area contributed by atoms with E-state index in [1.807, 2.05) is 17.8 Å². The summed E-state index contributed by atoms with van der Waals surface area (Å²) in [7, 11) is 0. The molecule has 1 fully saturated rings. The lowest BCUT2D eigenvalue weighted by atomic mass is 10.1. The van der Waals surface area contributed by atoms with E-state index >= 15 is 0 Å². The van der Waals surface area contributed by atoms with Gasteiger partial charge in [-0.25, -0.2) is 0 Å². The Bertz CT molecular complexity index is 377. The molecule has 1 aromatic rings. The van der Waals surface area contributed by atoms with Crippen LogP contribution in [0.3, 0.4) is 0 Å². The largest absolute Gasteiger partial charge is 0.368 e. The van der Waals surface area contributed by atoms with Crippen molar-refractivity contribution in [1.29, 1.82) is 0 Å². The third kappa shape index (κ3) is 5.25. The lowest BCUT2D eigenvalue weighted by molar-refractivity contribution is -0.135. The van der Waals surface area contributed by atoms with Crippen LogP contribution in [-0.4, -0.2) is 30.9 Å². The highest BCUT2D eigenvalue weighted by molar-refractivity contribution is 7.98. The van der Waals surface area contributed by atoms with Crippen LogP contribution in [0.15, 0.2) is 30.3 Å². The number of carbonyl (C=O) groups excluding carboxylic acids is 1. The molecular weight excluding hydrogens is 258 g/mol. The maximum Gasteiger partial charge on any atom is 0.249 e. The van der Waals surface area contributed by atoms with E-state index in [2.05, 4.69) is 29.6 Å². The summed E-state index contributed by atoms with van der Waals surface area (Å²) in [5.41, 5.74) is 1.33. The van der Waals surface area contributed by atoms with Gasteiger partial charge in [0.2, 0.25) is 5.91 Å². The normalized spacial score (nSPS) is 19.1. The van der Waals surface area contributed by atoms with Gasteiger partial charge in [-0.2, -0.15) is 11.8 Å². The monoisotopic (exact) mass is 279 g/mol. The first kappa shape index (κ1) is 14.4. The van der Waals surface area contributed by atoms with E-state index in [4.69, 9.17) is 4.74 Å². The first-order valence-corrected chi connectivity index (χ1v) is 8.03. The van der Waals surface area contributed by atoms with Crippen molar-refractivity contribution in [2.24, 2.45) is 0 Å². The van der Waals surface area contributed by atoms with Crippen molar-refractivity contribution in [2.75, 3.05) is 18.9 Å². The van der Waals surface area contributed by atoms with Crippen LogP contribution in [0.4, 0.5) is 0 Å². The third-order valence-electron chi connectivity index (χ3n) is 3.13. The highest BCUT2D eigenvalue weighted by Gasteiger charge is 2.20. The molecule has 0 aromatic heterocycles. The molecule has 1 aromatic carbocycles. The lowest BCUT2D eigenvalue weighted by Gasteiger charge is -2.21. The van der Waals surface area contributed by atoms with E-state index in [1.54, 1.807) is 0 Å². The molecule has 1 aliphatic heterocycles. The number of ether oxygens (including phenoxy) is 1. The van der Waals surface area contributed by atoms with Crippen LogP contribution in [0, 0.1) is 0 Å². The fourth-order valence-electron chi connectivity index (χ4n) is 2.07. The van der Waals surface area contributed by atoms with Crippen molar-refractivity contribution >= 4 is 17.7 Å². The maximum absolute atomic E-state index is 11.8.